The van der Waals surface area contributed by atoms with Crippen LogP contribution in [0.25, 0.3) is 0 Å². The lowest BCUT2D eigenvalue weighted by molar-refractivity contribution is 0.0669. The zero-order valence-electron chi connectivity index (χ0n) is 17.5. The number of ether oxygens (including phenoxy) is 1. The van der Waals surface area contributed by atoms with E-state index in [-0.39, 0.29) is 11.9 Å². The van der Waals surface area contributed by atoms with E-state index in [1.807, 2.05) is 72.7 Å². The number of amides is 1. The van der Waals surface area contributed by atoms with Gasteiger partial charge in [-0.2, -0.15) is 0 Å². The first-order valence-corrected chi connectivity index (χ1v) is 10.8. The molecule has 0 radical (unpaired) electrons. The van der Waals surface area contributed by atoms with E-state index in [9.17, 15) is 4.79 Å². The van der Waals surface area contributed by atoms with Gasteiger partial charge in [0, 0.05) is 17.0 Å². The number of rotatable bonds is 8. The quantitative estimate of drug-likeness (QED) is 0.474. The van der Waals surface area contributed by atoms with E-state index in [1.165, 1.54) is 5.56 Å². The van der Waals surface area contributed by atoms with Crippen LogP contribution < -0.4 is 4.74 Å². The maximum absolute atomic E-state index is 13.1. The molecule has 1 atom stereocenters. The number of aryl methyl sites for hydroxylation is 2. The monoisotopic (exact) mass is 408 g/mol. The summed E-state index contributed by atoms with van der Waals surface area (Å²) in [5.74, 6) is 0.895. The van der Waals surface area contributed by atoms with Gasteiger partial charge in [0.2, 0.25) is 0 Å². The summed E-state index contributed by atoms with van der Waals surface area (Å²) < 4.78 is 5.86. The Morgan fingerprint density at radius 1 is 1.14 bits per heavy atom. The van der Waals surface area contributed by atoms with Crippen LogP contribution in [0.2, 0.25) is 0 Å². The third-order valence-electron chi connectivity index (χ3n) is 4.93. The Labute approximate surface area is 177 Å². The predicted molar refractivity (Wildman–Crippen MR) is 118 cm³/mol. The fraction of sp³-hybridized carbons (Fsp3) is 0.333. The molecule has 0 aliphatic heterocycles. The summed E-state index contributed by atoms with van der Waals surface area (Å²) in [6.07, 6.45) is 0.894. The Morgan fingerprint density at radius 3 is 2.55 bits per heavy atom. The van der Waals surface area contributed by atoms with Gasteiger partial charge in [-0.15, -0.1) is 11.3 Å². The first-order valence-electron chi connectivity index (χ1n) is 9.96. The van der Waals surface area contributed by atoms with Gasteiger partial charge < -0.3 is 9.64 Å². The molecule has 3 aromatic rings. The van der Waals surface area contributed by atoms with Crippen LogP contribution in [0.3, 0.4) is 0 Å². The van der Waals surface area contributed by atoms with Crippen molar-refractivity contribution in [1.82, 2.24) is 9.88 Å². The minimum atomic E-state index is 0.0496. The summed E-state index contributed by atoms with van der Waals surface area (Å²) in [5.41, 5.74) is 3.88. The van der Waals surface area contributed by atoms with Crippen LogP contribution in [0.15, 0.2) is 53.9 Å². The van der Waals surface area contributed by atoms with Crippen molar-refractivity contribution < 1.29 is 9.53 Å². The first kappa shape index (κ1) is 21.1. The number of thiazole rings is 1. The highest BCUT2D eigenvalue weighted by Gasteiger charge is 2.22. The summed E-state index contributed by atoms with van der Waals surface area (Å²) >= 11 is 1.57. The SMILES string of the molecule is CC[C@H](C)N(Cc1csc(COc2cccc(C)c2)n1)C(=O)c1cccc(C)c1. The topological polar surface area (TPSA) is 42.4 Å². The van der Waals surface area contributed by atoms with Gasteiger partial charge >= 0.3 is 0 Å². The van der Waals surface area contributed by atoms with Crippen molar-refractivity contribution >= 4 is 17.2 Å². The van der Waals surface area contributed by atoms with Crippen molar-refractivity contribution in [3.05, 3.63) is 81.3 Å². The molecule has 2 aromatic carbocycles. The second kappa shape index (κ2) is 9.70. The van der Waals surface area contributed by atoms with Gasteiger partial charge in [0.1, 0.15) is 17.4 Å². The zero-order chi connectivity index (χ0) is 20.8. The van der Waals surface area contributed by atoms with Gasteiger partial charge in [-0.25, -0.2) is 4.98 Å². The highest BCUT2D eigenvalue weighted by atomic mass is 32.1. The summed E-state index contributed by atoms with van der Waals surface area (Å²) in [5, 5.41) is 2.93. The molecule has 1 heterocycles. The molecule has 152 valence electrons. The van der Waals surface area contributed by atoms with E-state index in [2.05, 4.69) is 13.8 Å². The first-order chi connectivity index (χ1) is 14.0. The molecule has 0 saturated carbocycles. The van der Waals surface area contributed by atoms with Crippen molar-refractivity contribution in [2.24, 2.45) is 0 Å². The number of benzene rings is 2. The summed E-state index contributed by atoms with van der Waals surface area (Å²) in [4.78, 5) is 19.7. The number of hydrogen-bond donors (Lipinski definition) is 0. The normalized spacial score (nSPS) is 11.9. The molecule has 0 aliphatic carbocycles. The molecule has 5 heteroatoms. The van der Waals surface area contributed by atoms with Gasteiger partial charge in [-0.1, -0.05) is 36.8 Å². The second-order valence-electron chi connectivity index (χ2n) is 7.40. The lowest BCUT2D eigenvalue weighted by Gasteiger charge is -2.28. The van der Waals surface area contributed by atoms with Crippen LogP contribution in [0.4, 0.5) is 0 Å². The Balaban J connectivity index is 1.69. The molecule has 0 N–H and O–H groups in total. The maximum Gasteiger partial charge on any atom is 0.254 e. The van der Waals surface area contributed by atoms with Crippen LogP contribution in [0, 0.1) is 13.8 Å². The van der Waals surface area contributed by atoms with Crippen molar-refractivity contribution in [1.29, 1.82) is 0 Å². The van der Waals surface area contributed by atoms with Gasteiger partial charge in [-0.3, -0.25) is 4.79 Å². The standard InChI is InChI=1S/C24H28N2O2S/c1-5-19(4)26(24(27)20-10-6-8-17(2)12-20)14-21-16-29-23(25-21)15-28-22-11-7-9-18(3)13-22/h6-13,16,19H,5,14-15H2,1-4H3/t19-/m0/s1. The summed E-state index contributed by atoms with van der Waals surface area (Å²) in [6, 6.07) is 15.9. The number of aromatic nitrogens is 1. The average molecular weight is 409 g/mol. The van der Waals surface area contributed by atoms with E-state index in [1.54, 1.807) is 11.3 Å². The number of hydrogen-bond acceptors (Lipinski definition) is 4. The van der Waals surface area contributed by atoms with Crippen LogP contribution in [-0.2, 0) is 13.2 Å². The minimum Gasteiger partial charge on any atom is -0.486 e. The van der Waals surface area contributed by atoms with Gasteiger partial charge in [-0.05, 0) is 57.0 Å². The Bertz CT molecular complexity index is 967. The maximum atomic E-state index is 13.1. The third-order valence-corrected chi connectivity index (χ3v) is 5.80. The number of carbonyl (C=O) groups excluding carboxylic acids is 1. The zero-order valence-corrected chi connectivity index (χ0v) is 18.3. The largest absolute Gasteiger partial charge is 0.486 e. The molecule has 0 unspecified atom stereocenters. The molecule has 1 aromatic heterocycles. The van der Waals surface area contributed by atoms with Gasteiger partial charge in [0.25, 0.3) is 5.91 Å². The average Bonchev–Trinajstić information content (AvgIpc) is 3.17. The molecule has 1 amide bonds. The van der Waals surface area contributed by atoms with E-state index in [0.717, 1.165) is 34.0 Å². The molecule has 0 fully saturated rings. The minimum absolute atomic E-state index is 0.0496. The van der Waals surface area contributed by atoms with Crippen molar-refractivity contribution in [3.63, 3.8) is 0 Å². The summed E-state index contributed by atoms with van der Waals surface area (Å²) in [7, 11) is 0. The summed E-state index contributed by atoms with van der Waals surface area (Å²) in [6.45, 7) is 9.17. The molecule has 0 saturated heterocycles. The highest BCUT2D eigenvalue weighted by Crippen LogP contribution is 2.20. The van der Waals surface area contributed by atoms with E-state index >= 15 is 0 Å². The van der Waals surface area contributed by atoms with Gasteiger partial charge in [0.15, 0.2) is 0 Å². The molecular formula is C24H28N2O2S. The Kier molecular flexibility index (Phi) is 7.04. The lowest BCUT2D eigenvalue weighted by atomic mass is 10.1. The van der Waals surface area contributed by atoms with Crippen molar-refractivity contribution in [2.75, 3.05) is 0 Å². The van der Waals surface area contributed by atoms with Crippen LogP contribution in [-0.4, -0.2) is 21.8 Å². The Hall–Kier alpha value is -2.66. The Morgan fingerprint density at radius 2 is 1.86 bits per heavy atom. The lowest BCUT2D eigenvalue weighted by Crippen LogP contribution is -2.38. The second-order valence-corrected chi connectivity index (χ2v) is 8.34. The van der Waals surface area contributed by atoms with Gasteiger partial charge in [0.05, 0.1) is 12.2 Å². The van der Waals surface area contributed by atoms with Crippen LogP contribution >= 0.6 is 11.3 Å². The van der Waals surface area contributed by atoms with Crippen LogP contribution in [0.5, 0.6) is 5.75 Å². The molecular weight excluding hydrogens is 380 g/mol. The molecule has 29 heavy (non-hydrogen) atoms. The predicted octanol–water partition coefficient (Wildman–Crippen LogP) is 5.78. The number of nitrogens with zero attached hydrogens (tertiary/aromatic N) is 2. The molecule has 0 spiro atoms. The molecule has 4 nitrogen and oxygen atoms in total. The highest BCUT2D eigenvalue weighted by molar-refractivity contribution is 7.09. The number of carbonyl (C=O) groups is 1. The van der Waals surface area contributed by atoms with Crippen molar-refractivity contribution in [2.45, 2.75) is 53.3 Å². The van der Waals surface area contributed by atoms with E-state index in [4.69, 9.17) is 9.72 Å². The third kappa shape index (κ3) is 5.67. The fourth-order valence-corrected chi connectivity index (χ4v) is 3.80. The fourth-order valence-electron chi connectivity index (χ4n) is 3.10. The molecule has 3 rings (SSSR count). The van der Waals surface area contributed by atoms with Crippen LogP contribution in [0.1, 0.15) is 52.5 Å². The molecule has 0 aliphatic rings. The smallest absolute Gasteiger partial charge is 0.254 e. The molecule has 0 bridgehead atoms. The van der Waals surface area contributed by atoms with E-state index < -0.39 is 0 Å². The van der Waals surface area contributed by atoms with Crippen molar-refractivity contribution in [3.8, 4) is 5.75 Å². The van der Waals surface area contributed by atoms with E-state index in [0.29, 0.717) is 13.2 Å².